The van der Waals surface area contributed by atoms with Crippen LogP contribution in [0.1, 0.15) is 43.0 Å². The van der Waals surface area contributed by atoms with E-state index in [4.69, 9.17) is 4.74 Å². The van der Waals surface area contributed by atoms with E-state index in [9.17, 15) is 18.8 Å². The van der Waals surface area contributed by atoms with E-state index in [1.807, 2.05) is 0 Å². The summed E-state index contributed by atoms with van der Waals surface area (Å²) in [6.07, 6.45) is 4.13. The molecular weight excluding hydrogens is 315 g/mol. The fourth-order valence-electron chi connectivity index (χ4n) is 2.73. The maximum atomic E-state index is 13.0. The Morgan fingerprint density at radius 3 is 2.71 bits per heavy atom. The van der Waals surface area contributed by atoms with Gasteiger partial charge >= 0.3 is 12.0 Å². The number of benzene rings is 1. The maximum Gasteiger partial charge on any atom is 0.338 e. The number of urea groups is 1. The van der Waals surface area contributed by atoms with E-state index in [-0.39, 0.29) is 11.6 Å². The molecule has 0 heterocycles. The molecule has 0 unspecified atom stereocenters. The van der Waals surface area contributed by atoms with Crippen LogP contribution in [-0.2, 0) is 9.53 Å². The zero-order valence-corrected chi connectivity index (χ0v) is 13.5. The molecule has 0 bridgehead atoms. The van der Waals surface area contributed by atoms with Crippen molar-refractivity contribution in [2.75, 3.05) is 6.61 Å². The first kappa shape index (κ1) is 17.9. The summed E-state index contributed by atoms with van der Waals surface area (Å²) < 4.78 is 17.8. The Labute approximate surface area is 139 Å². The van der Waals surface area contributed by atoms with Crippen molar-refractivity contribution in [1.82, 2.24) is 10.6 Å². The molecule has 1 aliphatic rings. The number of hydrogen-bond acceptors (Lipinski definition) is 4. The number of ether oxygens (including phenoxy) is 1. The highest BCUT2D eigenvalue weighted by Crippen LogP contribution is 2.23. The molecule has 0 saturated heterocycles. The fraction of sp³-hybridized carbons (Fsp3) is 0.471. The molecule has 2 atom stereocenters. The van der Waals surface area contributed by atoms with Gasteiger partial charge in [0.05, 0.1) is 5.56 Å². The van der Waals surface area contributed by atoms with Crippen molar-refractivity contribution in [3.05, 3.63) is 35.6 Å². The average molecular weight is 336 g/mol. The van der Waals surface area contributed by atoms with Gasteiger partial charge in [-0.05, 0) is 37.0 Å². The fourth-order valence-corrected chi connectivity index (χ4v) is 2.73. The highest BCUT2D eigenvalue weighted by Gasteiger charge is 2.23. The minimum Gasteiger partial charge on any atom is -0.452 e. The van der Waals surface area contributed by atoms with Crippen LogP contribution in [-0.4, -0.2) is 30.6 Å². The van der Waals surface area contributed by atoms with Crippen LogP contribution in [0.15, 0.2) is 24.3 Å². The Balaban J connectivity index is 1.74. The predicted octanol–water partition coefficient (Wildman–Crippen LogP) is 2.39. The minimum atomic E-state index is -0.828. The number of halogens is 1. The quantitative estimate of drug-likeness (QED) is 0.827. The lowest BCUT2D eigenvalue weighted by Gasteiger charge is -2.29. The Bertz CT molecular complexity index is 620. The number of amides is 3. The van der Waals surface area contributed by atoms with Crippen molar-refractivity contribution >= 4 is 17.9 Å². The monoisotopic (exact) mass is 336 g/mol. The SMILES string of the molecule is C[C@H]1CCCC[C@H]1NC(=O)NC(=O)COC(=O)c1cccc(F)c1. The van der Waals surface area contributed by atoms with Crippen molar-refractivity contribution in [2.24, 2.45) is 5.92 Å². The number of carbonyl (C=O) groups excluding carboxylic acids is 3. The molecule has 24 heavy (non-hydrogen) atoms. The van der Waals surface area contributed by atoms with Crippen LogP contribution in [0.3, 0.4) is 0 Å². The third-order valence-electron chi connectivity index (χ3n) is 4.08. The summed E-state index contributed by atoms with van der Waals surface area (Å²) in [7, 11) is 0. The number of esters is 1. The van der Waals surface area contributed by atoms with Crippen LogP contribution < -0.4 is 10.6 Å². The minimum absolute atomic E-state index is 0.00304. The number of carbonyl (C=O) groups is 3. The zero-order valence-electron chi connectivity index (χ0n) is 13.5. The van der Waals surface area contributed by atoms with Crippen molar-refractivity contribution in [3.63, 3.8) is 0 Å². The van der Waals surface area contributed by atoms with Gasteiger partial charge in [0, 0.05) is 6.04 Å². The molecular formula is C17H21FN2O4. The Morgan fingerprint density at radius 2 is 2.00 bits per heavy atom. The lowest BCUT2D eigenvalue weighted by atomic mass is 9.86. The summed E-state index contributed by atoms with van der Waals surface area (Å²) in [6.45, 7) is 1.45. The summed E-state index contributed by atoms with van der Waals surface area (Å²) in [5, 5.41) is 4.89. The van der Waals surface area contributed by atoms with Gasteiger partial charge in [-0.2, -0.15) is 0 Å². The summed E-state index contributed by atoms with van der Waals surface area (Å²) in [5.74, 6) is -1.77. The Kier molecular flexibility index (Phi) is 6.28. The van der Waals surface area contributed by atoms with E-state index >= 15 is 0 Å². The third kappa shape index (κ3) is 5.33. The molecule has 3 amide bonds. The molecule has 6 nitrogen and oxygen atoms in total. The lowest BCUT2D eigenvalue weighted by molar-refractivity contribution is -0.123. The lowest BCUT2D eigenvalue weighted by Crippen LogP contribution is -2.48. The second kappa shape index (κ2) is 8.42. The molecule has 0 spiro atoms. The van der Waals surface area contributed by atoms with E-state index < -0.39 is 30.3 Å². The van der Waals surface area contributed by atoms with Crippen molar-refractivity contribution in [3.8, 4) is 0 Å². The second-order valence-electron chi connectivity index (χ2n) is 5.98. The van der Waals surface area contributed by atoms with E-state index in [0.29, 0.717) is 5.92 Å². The molecule has 2 N–H and O–H groups in total. The van der Waals surface area contributed by atoms with E-state index in [1.165, 1.54) is 18.2 Å². The molecule has 0 radical (unpaired) electrons. The summed E-state index contributed by atoms with van der Waals surface area (Å²) in [6, 6.07) is 4.39. The van der Waals surface area contributed by atoms with Gasteiger partial charge in [0.2, 0.25) is 0 Å². The van der Waals surface area contributed by atoms with Gasteiger partial charge < -0.3 is 10.1 Å². The molecule has 0 aliphatic heterocycles. The molecule has 1 aromatic rings. The van der Waals surface area contributed by atoms with Crippen molar-refractivity contribution in [1.29, 1.82) is 0 Å². The summed E-state index contributed by atoms with van der Waals surface area (Å²) in [5.41, 5.74) is 0.00304. The smallest absolute Gasteiger partial charge is 0.338 e. The van der Waals surface area contributed by atoms with Gasteiger partial charge in [0.25, 0.3) is 5.91 Å². The highest BCUT2D eigenvalue weighted by molar-refractivity contribution is 5.97. The topological polar surface area (TPSA) is 84.5 Å². The predicted molar refractivity (Wildman–Crippen MR) is 84.8 cm³/mol. The number of nitrogens with one attached hydrogen (secondary N) is 2. The molecule has 0 aromatic heterocycles. The van der Waals surface area contributed by atoms with E-state index in [0.717, 1.165) is 31.7 Å². The molecule has 1 fully saturated rings. The molecule has 1 saturated carbocycles. The van der Waals surface area contributed by atoms with E-state index in [2.05, 4.69) is 17.6 Å². The van der Waals surface area contributed by atoms with Gasteiger partial charge in [-0.25, -0.2) is 14.0 Å². The van der Waals surface area contributed by atoms with Crippen LogP contribution >= 0.6 is 0 Å². The van der Waals surface area contributed by atoms with Gasteiger partial charge in [0.15, 0.2) is 6.61 Å². The second-order valence-corrected chi connectivity index (χ2v) is 5.98. The van der Waals surface area contributed by atoms with Crippen LogP contribution in [0.5, 0.6) is 0 Å². The average Bonchev–Trinajstić information content (AvgIpc) is 2.54. The van der Waals surface area contributed by atoms with Gasteiger partial charge in [-0.1, -0.05) is 25.8 Å². The third-order valence-corrected chi connectivity index (χ3v) is 4.08. The normalized spacial score (nSPS) is 20.1. The first-order valence-corrected chi connectivity index (χ1v) is 7.98. The molecule has 7 heteroatoms. The van der Waals surface area contributed by atoms with Gasteiger partial charge in [-0.3, -0.25) is 10.1 Å². The van der Waals surface area contributed by atoms with E-state index in [1.54, 1.807) is 0 Å². The standard InChI is InChI=1S/C17H21FN2O4/c1-11-5-2-3-8-14(11)19-17(23)20-15(21)10-24-16(22)12-6-4-7-13(18)9-12/h4,6-7,9,11,14H,2-3,5,8,10H2,1H3,(H2,19,20,21,23)/t11-,14+/m0/s1. The Hall–Kier alpha value is -2.44. The zero-order chi connectivity index (χ0) is 17.5. The maximum absolute atomic E-state index is 13.0. The van der Waals surface area contributed by atoms with Crippen molar-refractivity contribution < 1.29 is 23.5 Å². The first-order valence-electron chi connectivity index (χ1n) is 7.98. The summed E-state index contributed by atoms with van der Waals surface area (Å²) in [4.78, 5) is 35.1. The molecule has 1 aliphatic carbocycles. The van der Waals surface area contributed by atoms with Crippen LogP contribution in [0, 0.1) is 11.7 Å². The number of hydrogen-bond donors (Lipinski definition) is 2. The number of rotatable bonds is 4. The first-order chi connectivity index (χ1) is 11.5. The molecule has 2 rings (SSSR count). The summed E-state index contributed by atoms with van der Waals surface area (Å²) >= 11 is 0. The molecule has 130 valence electrons. The van der Waals surface area contributed by atoms with Gasteiger partial charge in [-0.15, -0.1) is 0 Å². The largest absolute Gasteiger partial charge is 0.452 e. The Morgan fingerprint density at radius 1 is 1.25 bits per heavy atom. The number of imide groups is 1. The van der Waals surface area contributed by atoms with Crippen molar-refractivity contribution in [2.45, 2.75) is 38.6 Å². The van der Waals surface area contributed by atoms with Crippen LogP contribution in [0.2, 0.25) is 0 Å². The molecule has 1 aromatic carbocycles. The highest BCUT2D eigenvalue weighted by atomic mass is 19.1. The van der Waals surface area contributed by atoms with Crippen LogP contribution in [0.25, 0.3) is 0 Å². The van der Waals surface area contributed by atoms with Gasteiger partial charge in [0.1, 0.15) is 5.82 Å². The van der Waals surface area contributed by atoms with Crippen LogP contribution in [0.4, 0.5) is 9.18 Å².